The minimum atomic E-state index is -3.92. The molecular weight excluding hydrogens is 510 g/mol. The molecule has 0 saturated carbocycles. The summed E-state index contributed by atoms with van der Waals surface area (Å²) in [5.41, 5.74) is 5.85. The molecule has 2 heterocycles. The Kier molecular flexibility index (Phi) is 6.49. The van der Waals surface area contributed by atoms with E-state index in [9.17, 15) is 8.42 Å². The molecular formula is C27H22ClN5O3S. The van der Waals surface area contributed by atoms with Crippen LogP contribution in [0.4, 0.5) is 5.95 Å². The standard InChI is InChI=1S/C27H22ClN5O3S/c1-16-5-6-18(12-23(16)28)21-14-25(36-3)22(11-17(21)2)26-20-8-7-19(13-24(20)31-15-32-26)37(34,35)33-27-29-9-4-10-30-27/h4-15H,1-3H3,(H,29,30,33). The molecule has 0 unspecified atom stereocenters. The molecule has 0 spiro atoms. The predicted octanol–water partition coefficient (Wildman–Crippen LogP) is 5.83. The Hall–Kier alpha value is -4.08. The van der Waals surface area contributed by atoms with E-state index in [0.29, 0.717) is 27.4 Å². The Labute approximate surface area is 219 Å². The van der Waals surface area contributed by atoms with Crippen LogP contribution in [-0.4, -0.2) is 35.5 Å². The number of anilines is 1. The molecule has 0 aliphatic rings. The summed E-state index contributed by atoms with van der Waals surface area (Å²) in [4.78, 5) is 16.7. The molecule has 10 heteroatoms. The van der Waals surface area contributed by atoms with E-state index in [1.54, 1.807) is 19.2 Å². The average molecular weight is 532 g/mol. The second-order valence-electron chi connectivity index (χ2n) is 8.41. The Balaban J connectivity index is 1.58. The first-order valence-corrected chi connectivity index (χ1v) is 13.1. The molecule has 186 valence electrons. The monoisotopic (exact) mass is 531 g/mol. The lowest BCUT2D eigenvalue weighted by atomic mass is 9.95. The summed E-state index contributed by atoms with van der Waals surface area (Å²) in [5, 5.41) is 1.38. The zero-order valence-corrected chi connectivity index (χ0v) is 21.8. The van der Waals surface area contributed by atoms with Crippen molar-refractivity contribution in [3.05, 3.63) is 89.5 Å². The SMILES string of the molecule is COc1cc(-c2ccc(C)c(Cl)c2)c(C)cc1-c1ncnc2cc(S(=O)(=O)Nc3ncccn3)ccc12. The number of benzene rings is 3. The van der Waals surface area contributed by atoms with Crippen LogP contribution in [0.25, 0.3) is 33.3 Å². The van der Waals surface area contributed by atoms with E-state index < -0.39 is 10.0 Å². The minimum absolute atomic E-state index is 0.0128. The Bertz CT molecular complexity index is 1750. The fourth-order valence-electron chi connectivity index (χ4n) is 4.06. The molecule has 0 aliphatic carbocycles. The Morgan fingerprint density at radius 3 is 2.38 bits per heavy atom. The molecule has 0 fully saturated rings. The number of fused-ring (bicyclic) bond motifs is 1. The quantitative estimate of drug-likeness (QED) is 0.293. The molecule has 2 aromatic heterocycles. The molecule has 3 aromatic carbocycles. The lowest BCUT2D eigenvalue weighted by Crippen LogP contribution is -2.14. The molecule has 0 aliphatic heterocycles. The van der Waals surface area contributed by atoms with Crippen molar-refractivity contribution in [1.29, 1.82) is 0 Å². The zero-order chi connectivity index (χ0) is 26.2. The third-order valence-corrected chi connectivity index (χ3v) is 7.73. The molecule has 0 bridgehead atoms. The summed E-state index contributed by atoms with van der Waals surface area (Å²) in [6.45, 7) is 3.97. The van der Waals surface area contributed by atoms with Gasteiger partial charge in [0.05, 0.1) is 23.2 Å². The molecule has 0 atom stereocenters. The zero-order valence-electron chi connectivity index (χ0n) is 20.2. The van der Waals surface area contributed by atoms with Crippen LogP contribution in [0.3, 0.4) is 0 Å². The van der Waals surface area contributed by atoms with Gasteiger partial charge in [-0.15, -0.1) is 0 Å². The van der Waals surface area contributed by atoms with Crippen molar-refractivity contribution in [2.45, 2.75) is 18.7 Å². The highest BCUT2D eigenvalue weighted by Crippen LogP contribution is 2.39. The first-order chi connectivity index (χ1) is 17.8. The van der Waals surface area contributed by atoms with Crippen molar-refractivity contribution in [2.75, 3.05) is 11.8 Å². The molecule has 0 radical (unpaired) electrons. The molecule has 1 N–H and O–H groups in total. The van der Waals surface area contributed by atoms with Gasteiger partial charge in [0.15, 0.2) is 0 Å². The lowest BCUT2D eigenvalue weighted by molar-refractivity contribution is 0.416. The van der Waals surface area contributed by atoms with Gasteiger partial charge in [-0.05, 0) is 78.6 Å². The number of aryl methyl sites for hydroxylation is 2. The third kappa shape index (κ3) is 4.83. The number of nitrogens with zero attached hydrogens (tertiary/aromatic N) is 4. The van der Waals surface area contributed by atoms with Gasteiger partial charge in [0, 0.05) is 28.4 Å². The number of halogens is 1. The first kappa shape index (κ1) is 24.6. The van der Waals surface area contributed by atoms with Crippen LogP contribution in [-0.2, 0) is 10.0 Å². The van der Waals surface area contributed by atoms with E-state index in [0.717, 1.165) is 27.8 Å². The minimum Gasteiger partial charge on any atom is -0.496 e. The Morgan fingerprint density at radius 2 is 1.65 bits per heavy atom. The number of sulfonamides is 1. The number of hydrogen-bond donors (Lipinski definition) is 1. The fraction of sp³-hybridized carbons (Fsp3) is 0.111. The summed E-state index contributed by atoms with van der Waals surface area (Å²) >= 11 is 6.37. The number of rotatable bonds is 6. The van der Waals surface area contributed by atoms with Crippen LogP contribution in [0.1, 0.15) is 11.1 Å². The number of ether oxygens (including phenoxy) is 1. The van der Waals surface area contributed by atoms with Gasteiger partial charge in [-0.2, -0.15) is 0 Å². The maximum absolute atomic E-state index is 12.9. The number of methoxy groups -OCH3 is 1. The van der Waals surface area contributed by atoms with Gasteiger partial charge in [0.2, 0.25) is 5.95 Å². The van der Waals surface area contributed by atoms with Crippen molar-refractivity contribution in [2.24, 2.45) is 0 Å². The number of nitrogens with one attached hydrogen (secondary N) is 1. The van der Waals surface area contributed by atoms with Gasteiger partial charge in [-0.3, -0.25) is 0 Å². The van der Waals surface area contributed by atoms with Crippen LogP contribution in [0.5, 0.6) is 5.75 Å². The van der Waals surface area contributed by atoms with E-state index >= 15 is 0 Å². The third-order valence-electron chi connectivity index (χ3n) is 5.99. The first-order valence-electron chi connectivity index (χ1n) is 11.3. The van der Waals surface area contributed by atoms with E-state index in [4.69, 9.17) is 16.3 Å². The van der Waals surface area contributed by atoms with Gasteiger partial charge in [0.25, 0.3) is 10.0 Å². The van der Waals surface area contributed by atoms with E-state index in [-0.39, 0.29) is 10.8 Å². The largest absolute Gasteiger partial charge is 0.496 e. The van der Waals surface area contributed by atoms with Crippen LogP contribution >= 0.6 is 11.6 Å². The second kappa shape index (κ2) is 9.76. The molecule has 8 nitrogen and oxygen atoms in total. The summed E-state index contributed by atoms with van der Waals surface area (Å²) in [7, 11) is -2.31. The van der Waals surface area contributed by atoms with Gasteiger partial charge in [-0.1, -0.05) is 23.7 Å². The predicted molar refractivity (Wildman–Crippen MR) is 144 cm³/mol. The van der Waals surface area contributed by atoms with Crippen LogP contribution < -0.4 is 9.46 Å². The topological polar surface area (TPSA) is 107 Å². The summed E-state index contributed by atoms with van der Waals surface area (Å²) < 4.78 is 33.9. The van der Waals surface area contributed by atoms with Crippen molar-refractivity contribution in [1.82, 2.24) is 19.9 Å². The summed E-state index contributed by atoms with van der Waals surface area (Å²) in [6, 6.07) is 16.2. The molecule has 0 saturated heterocycles. The van der Waals surface area contributed by atoms with Crippen LogP contribution in [0.15, 0.2) is 78.2 Å². The van der Waals surface area contributed by atoms with Gasteiger partial charge >= 0.3 is 0 Å². The van der Waals surface area contributed by atoms with Crippen molar-refractivity contribution in [3.8, 4) is 28.1 Å². The second-order valence-corrected chi connectivity index (χ2v) is 10.5. The number of hydrogen-bond acceptors (Lipinski definition) is 7. The van der Waals surface area contributed by atoms with Gasteiger partial charge in [-0.25, -0.2) is 33.1 Å². The normalized spacial score (nSPS) is 11.5. The fourth-order valence-corrected chi connectivity index (χ4v) is 5.22. The van der Waals surface area contributed by atoms with E-state index in [1.165, 1.54) is 30.9 Å². The van der Waals surface area contributed by atoms with Gasteiger partial charge in [0.1, 0.15) is 12.1 Å². The van der Waals surface area contributed by atoms with E-state index in [1.807, 2.05) is 44.2 Å². The van der Waals surface area contributed by atoms with Gasteiger partial charge < -0.3 is 4.74 Å². The summed E-state index contributed by atoms with van der Waals surface area (Å²) in [5.74, 6) is 0.609. The molecule has 37 heavy (non-hydrogen) atoms. The van der Waals surface area contributed by atoms with Crippen LogP contribution in [0.2, 0.25) is 5.02 Å². The number of aromatic nitrogens is 4. The summed E-state index contributed by atoms with van der Waals surface area (Å²) in [6.07, 6.45) is 4.32. The molecule has 5 rings (SSSR count). The molecule has 5 aromatic rings. The van der Waals surface area contributed by atoms with Crippen LogP contribution in [0, 0.1) is 13.8 Å². The maximum Gasteiger partial charge on any atom is 0.264 e. The molecule has 0 amide bonds. The smallest absolute Gasteiger partial charge is 0.264 e. The highest BCUT2D eigenvalue weighted by atomic mass is 35.5. The maximum atomic E-state index is 12.9. The van der Waals surface area contributed by atoms with Crippen molar-refractivity contribution in [3.63, 3.8) is 0 Å². The highest BCUT2D eigenvalue weighted by Gasteiger charge is 2.19. The van der Waals surface area contributed by atoms with Crippen molar-refractivity contribution < 1.29 is 13.2 Å². The lowest BCUT2D eigenvalue weighted by Gasteiger charge is -2.15. The average Bonchev–Trinajstić information content (AvgIpc) is 2.90. The van der Waals surface area contributed by atoms with E-state index in [2.05, 4.69) is 24.7 Å². The Morgan fingerprint density at radius 1 is 0.865 bits per heavy atom. The highest BCUT2D eigenvalue weighted by molar-refractivity contribution is 7.92. The van der Waals surface area contributed by atoms with Crippen molar-refractivity contribution >= 4 is 38.5 Å².